The highest BCUT2D eigenvalue weighted by Gasteiger charge is 2.13. The van der Waals surface area contributed by atoms with E-state index in [1.165, 1.54) is 22.7 Å². The van der Waals surface area contributed by atoms with Gasteiger partial charge in [-0.15, -0.1) is 0 Å². The van der Waals surface area contributed by atoms with Crippen molar-refractivity contribution in [2.24, 2.45) is 0 Å². The molecule has 0 unspecified atom stereocenters. The van der Waals surface area contributed by atoms with E-state index in [0.29, 0.717) is 0 Å². The van der Waals surface area contributed by atoms with E-state index in [1.54, 1.807) is 7.11 Å². The summed E-state index contributed by atoms with van der Waals surface area (Å²) in [6.07, 6.45) is 2.81. The SMILES string of the molecule is CCCN(CCC)C(=O)c1ccc(OC)cc1.Cc1ccc(Cc2nsc(C)n2)cc1. The summed E-state index contributed by atoms with van der Waals surface area (Å²) in [5, 5.41) is 1.03. The molecule has 0 N–H and O–H groups in total. The number of hydrogen-bond donors (Lipinski definition) is 0. The van der Waals surface area contributed by atoms with E-state index in [0.717, 1.165) is 54.5 Å². The number of aromatic nitrogens is 2. The lowest BCUT2D eigenvalue weighted by Crippen LogP contribution is -2.32. The number of nitrogens with zero attached hydrogens (tertiary/aromatic N) is 3. The van der Waals surface area contributed by atoms with Crippen molar-refractivity contribution in [1.29, 1.82) is 0 Å². The van der Waals surface area contributed by atoms with Crippen LogP contribution in [0, 0.1) is 13.8 Å². The zero-order valence-electron chi connectivity index (χ0n) is 19.2. The molecule has 0 radical (unpaired) electrons. The van der Waals surface area contributed by atoms with Gasteiger partial charge in [0.05, 0.1) is 7.11 Å². The van der Waals surface area contributed by atoms with Crippen molar-refractivity contribution in [2.45, 2.75) is 47.0 Å². The summed E-state index contributed by atoms with van der Waals surface area (Å²) in [6, 6.07) is 15.8. The fourth-order valence-electron chi connectivity index (χ4n) is 3.07. The molecule has 0 atom stereocenters. The Balaban J connectivity index is 0.000000224. The molecule has 0 spiro atoms. The second kappa shape index (κ2) is 12.8. The Morgan fingerprint density at radius 1 is 0.968 bits per heavy atom. The molecule has 6 heteroatoms. The lowest BCUT2D eigenvalue weighted by molar-refractivity contribution is 0.0755. The largest absolute Gasteiger partial charge is 0.497 e. The fourth-order valence-corrected chi connectivity index (χ4v) is 3.56. The highest BCUT2D eigenvalue weighted by Crippen LogP contribution is 2.13. The first-order valence-corrected chi connectivity index (χ1v) is 11.5. The number of benzene rings is 2. The second-order valence-corrected chi connectivity index (χ2v) is 8.37. The van der Waals surface area contributed by atoms with Gasteiger partial charge in [0.1, 0.15) is 16.6 Å². The highest BCUT2D eigenvalue weighted by molar-refractivity contribution is 7.05. The average molecular weight is 440 g/mol. The Morgan fingerprint density at radius 3 is 2.06 bits per heavy atom. The molecule has 1 amide bonds. The van der Waals surface area contributed by atoms with Crippen molar-refractivity contribution >= 4 is 17.4 Å². The van der Waals surface area contributed by atoms with Gasteiger partial charge in [-0.2, -0.15) is 4.37 Å². The van der Waals surface area contributed by atoms with Gasteiger partial charge in [-0.1, -0.05) is 43.7 Å². The molecule has 0 aliphatic carbocycles. The number of carbonyl (C=O) groups excluding carboxylic acids is 1. The van der Waals surface area contributed by atoms with Crippen molar-refractivity contribution < 1.29 is 9.53 Å². The first-order valence-electron chi connectivity index (χ1n) is 10.7. The zero-order chi connectivity index (χ0) is 22.6. The normalized spacial score (nSPS) is 10.2. The van der Waals surface area contributed by atoms with Crippen LogP contribution in [0.15, 0.2) is 48.5 Å². The van der Waals surface area contributed by atoms with Gasteiger partial charge in [-0.05, 0) is 68.1 Å². The van der Waals surface area contributed by atoms with Crippen molar-refractivity contribution in [1.82, 2.24) is 14.3 Å². The lowest BCUT2D eigenvalue weighted by Gasteiger charge is -2.21. The molecule has 5 nitrogen and oxygen atoms in total. The third kappa shape index (κ3) is 8.13. The maximum atomic E-state index is 12.2. The molecule has 0 bridgehead atoms. The average Bonchev–Trinajstić information content (AvgIpc) is 3.20. The Bertz CT molecular complexity index is 915. The summed E-state index contributed by atoms with van der Waals surface area (Å²) >= 11 is 1.47. The maximum absolute atomic E-state index is 12.2. The summed E-state index contributed by atoms with van der Waals surface area (Å²) in [5.41, 5.74) is 3.29. The zero-order valence-corrected chi connectivity index (χ0v) is 20.0. The Morgan fingerprint density at radius 2 is 1.58 bits per heavy atom. The van der Waals surface area contributed by atoms with Crippen LogP contribution < -0.4 is 4.74 Å². The van der Waals surface area contributed by atoms with Crippen LogP contribution >= 0.6 is 11.5 Å². The number of hydrogen-bond acceptors (Lipinski definition) is 5. The van der Waals surface area contributed by atoms with Crippen LogP contribution in [-0.2, 0) is 6.42 Å². The van der Waals surface area contributed by atoms with Crippen molar-refractivity contribution in [3.8, 4) is 5.75 Å². The molecule has 0 fully saturated rings. The molecule has 3 rings (SSSR count). The van der Waals surface area contributed by atoms with E-state index in [4.69, 9.17) is 4.74 Å². The Kier molecular flexibility index (Phi) is 10.2. The molecule has 0 aliphatic heterocycles. The molecule has 1 aromatic heterocycles. The standard InChI is InChI=1S/C14H21NO2.C11H12N2S/c1-4-10-15(11-5-2)14(16)12-6-8-13(17-3)9-7-12;1-8-3-5-10(6-4-8)7-11-12-9(2)14-13-11/h6-9H,4-5,10-11H2,1-3H3;3-6H,7H2,1-2H3. The first-order chi connectivity index (χ1) is 15.0. The van der Waals surface area contributed by atoms with Gasteiger partial charge in [0.2, 0.25) is 0 Å². The van der Waals surface area contributed by atoms with Crippen molar-refractivity contribution in [2.75, 3.05) is 20.2 Å². The van der Waals surface area contributed by atoms with Crippen LogP contribution in [-0.4, -0.2) is 40.4 Å². The number of amides is 1. The number of rotatable bonds is 8. The molecule has 1 heterocycles. The van der Waals surface area contributed by atoms with Crippen LogP contribution in [0.4, 0.5) is 0 Å². The Labute approximate surface area is 190 Å². The summed E-state index contributed by atoms with van der Waals surface area (Å²) in [5.74, 6) is 1.81. The van der Waals surface area contributed by atoms with Gasteiger partial charge in [-0.3, -0.25) is 4.79 Å². The molecular weight excluding hydrogens is 406 g/mol. The molecular formula is C25H33N3O2S. The highest BCUT2D eigenvalue weighted by atomic mass is 32.1. The lowest BCUT2D eigenvalue weighted by atomic mass is 10.1. The maximum Gasteiger partial charge on any atom is 0.253 e. The number of aryl methyl sites for hydroxylation is 2. The van der Waals surface area contributed by atoms with Crippen LogP contribution in [0.1, 0.15) is 59.0 Å². The third-order valence-corrected chi connectivity index (χ3v) is 5.32. The minimum atomic E-state index is 0.108. The minimum Gasteiger partial charge on any atom is -0.497 e. The van der Waals surface area contributed by atoms with Gasteiger partial charge in [0.15, 0.2) is 0 Å². The van der Waals surface area contributed by atoms with Crippen LogP contribution in [0.25, 0.3) is 0 Å². The Hall–Kier alpha value is -2.73. The second-order valence-electron chi connectivity index (χ2n) is 7.41. The molecule has 3 aromatic rings. The predicted octanol–water partition coefficient (Wildman–Crippen LogP) is 5.70. The summed E-state index contributed by atoms with van der Waals surface area (Å²) < 4.78 is 9.34. The van der Waals surface area contributed by atoms with Crippen LogP contribution in [0.2, 0.25) is 0 Å². The predicted molar refractivity (Wildman–Crippen MR) is 128 cm³/mol. The van der Waals surface area contributed by atoms with Gasteiger partial charge >= 0.3 is 0 Å². The topological polar surface area (TPSA) is 55.3 Å². The van der Waals surface area contributed by atoms with E-state index in [9.17, 15) is 4.79 Å². The number of methoxy groups -OCH3 is 1. The quantitative estimate of drug-likeness (QED) is 0.451. The third-order valence-electron chi connectivity index (χ3n) is 4.66. The summed E-state index contributed by atoms with van der Waals surface area (Å²) in [4.78, 5) is 18.4. The van der Waals surface area contributed by atoms with Gasteiger partial charge in [0, 0.05) is 25.1 Å². The molecule has 2 aromatic carbocycles. The van der Waals surface area contributed by atoms with E-state index in [-0.39, 0.29) is 5.91 Å². The van der Waals surface area contributed by atoms with E-state index in [1.807, 2.05) is 36.1 Å². The fraction of sp³-hybridized carbons (Fsp3) is 0.400. The molecule has 0 saturated heterocycles. The molecule has 31 heavy (non-hydrogen) atoms. The summed E-state index contributed by atoms with van der Waals surface area (Å²) in [7, 11) is 1.62. The molecule has 0 saturated carbocycles. The van der Waals surface area contributed by atoms with Crippen molar-refractivity contribution in [3.05, 3.63) is 76.1 Å². The first kappa shape index (κ1) is 24.5. The minimum absolute atomic E-state index is 0.108. The molecule has 166 valence electrons. The van der Waals surface area contributed by atoms with Crippen LogP contribution in [0.5, 0.6) is 5.75 Å². The summed E-state index contributed by atoms with van der Waals surface area (Å²) in [6.45, 7) is 9.89. The van der Waals surface area contributed by atoms with Gasteiger partial charge in [0.25, 0.3) is 5.91 Å². The van der Waals surface area contributed by atoms with E-state index < -0.39 is 0 Å². The van der Waals surface area contributed by atoms with Crippen LogP contribution in [0.3, 0.4) is 0 Å². The molecule has 0 aliphatic rings. The van der Waals surface area contributed by atoms with E-state index >= 15 is 0 Å². The van der Waals surface area contributed by atoms with E-state index in [2.05, 4.69) is 54.4 Å². The smallest absolute Gasteiger partial charge is 0.253 e. The number of ether oxygens (including phenoxy) is 1. The monoisotopic (exact) mass is 439 g/mol. The van der Waals surface area contributed by atoms with Gasteiger partial charge in [-0.25, -0.2) is 4.98 Å². The van der Waals surface area contributed by atoms with Gasteiger partial charge < -0.3 is 9.64 Å². The van der Waals surface area contributed by atoms with Crippen molar-refractivity contribution in [3.63, 3.8) is 0 Å². The number of carbonyl (C=O) groups is 1.